The summed E-state index contributed by atoms with van der Waals surface area (Å²) < 4.78 is 39.0. The number of aromatic nitrogens is 2. The molecule has 1 heterocycles. The summed E-state index contributed by atoms with van der Waals surface area (Å²) in [5.41, 5.74) is -0.222. The number of para-hydroxylation sites is 1. The largest absolute Gasteiger partial charge is 0.436 e. The standard InChI is InChI=1S/C13H11BrF3N3O/c1-8-11(14)12(13(15,16)17)19-20(8)7-10(21)18-9-5-3-2-4-6-9/h2-6H,7H2,1H3,(H,18,21). The molecule has 0 saturated heterocycles. The van der Waals surface area contributed by atoms with E-state index in [0.717, 1.165) is 4.68 Å². The van der Waals surface area contributed by atoms with E-state index in [0.29, 0.717) is 5.69 Å². The zero-order valence-electron chi connectivity index (χ0n) is 10.9. The number of rotatable bonds is 3. The maximum atomic E-state index is 12.7. The molecule has 1 aromatic heterocycles. The van der Waals surface area contributed by atoms with Crippen LogP contribution in [-0.4, -0.2) is 15.7 Å². The number of amides is 1. The van der Waals surface area contributed by atoms with E-state index in [1.165, 1.54) is 6.92 Å². The van der Waals surface area contributed by atoms with Crippen molar-refractivity contribution in [3.8, 4) is 0 Å². The van der Waals surface area contributed by atoms with Gasteiger partial charge in [-0.1, -0.05) is 18.2 Å². The highest BCUT2D eigenvalue weighted by Gasteiger charge is 2.38. The van der Waals surface area contributed by atoms with Gasteiger partial charge in [-0.15, -0.1) is 0 Å². The minimum atomic E-state index is -4.56. The fraction of sp³-hybridized carbons (Fsp3) is 0.231. The van der Waals surface area contributed by atoms with E-state index in [1.54, 1.807) is 30.3 Å². The Morgan fingerprint density at radius 2 is 1.95 bits per heavy atom. The maximum Gasteiger partial charge on any atom is 0.436 e. The molecule has 0 radical (unpaired) electrons. The van der Waals surface area contributed by atoms with Crippen LogP contribution < -0.4 is 5.32 Å². The van der Waals surface area contributed by atoms with Gasteiger partial charge in [0, 0.05) is 5.69 Å². The fourth-order valence-corrected chi connectivity index (χ4v) is 2.23. The third-order valence-electron chi connectivity index (χ3n) is 2.75. The number of nitrogens with zero attached hydrogens (tertiary/aromatic N) is 2. The smallest absolute Gasteiger partial charge is 0.324 e. The van der Waals surface area contributed by atoms with Crippen LogP contribution in [0.5, 0.6) is 0 Å². The molecule has 0 unspecified atom stereocenters. The number of hydrogen-bond donors (Lipinski definition) is 1. The highest BCUT2D eigenvalue weighted by molar-refractivity contribution is 9.10. The van der Waals surface area contributed by atoms with E-state index in [1.807, 2.05) is 0 Å². The molecular weight excluding hydrogens is 351 g/mol. The van der Waals surface area contributed by atoms with Gasteiger partial charge in [0.25, 0.3) is 0 Å². The minimum absolute atomic E-state index is 0.150. The van der Waals surface area contributed by atoms with Crippen molar-refractivity contribution in [2.24, 2.45) is 0 Å². The molecule has 1 N–H and O–H groups in total. The molecule has 2 rings (SSSR count). The van der Waals surface area contributed by atoms with Gasteiger partial charge < -0.3 is 5.32 Å². The number of alkyl halides is 3. The highest BCUT2D eigenvalue weighted by Crippen LogP contribution is 2.35. The van der Waals surface area contributed by atoms with Gasteiger partial charge >= 0.3 is 6.18 Å². The van der Waals surface area contributed by atoms with E-state index in [4.69, 9.17) is 0 Å². The van der Waals surface area contributed by atoms with Crippen LogP contribution in [0, 0.1) is 6.92 Å². The number of hydrogen-bond acceptors (Lipinski definition) is 2. The summed E-state index contributed by atoms with van der Waals surface area (Å²) in [6.45, 7) is 1.16. The van der Waals surface area contributed by atoms with E-state index >= 15 is 0 Å². The molecule has 1 aromatic carbocycles. The summed E-state index contributed by atoms with van der Waals surface area (Å²) in [5.74, 6) is -0.451. The van der Waals surface area contributed by atoms with Crippen LogP contribution in [0.2, 0.25) is 0 Å². The molecule has 1 amide bonds. The van der Waals surface area contributed by atoms with Crippen LogP contribution >= 0.6 is 15.9 Å². The third kappa shape index (κ3) is 3.63. The fourth-order valence-electron chi connectivity index (χ4n) is 1.72. The Morgan fingerprint density at radius 1 is 1.33 bits per heavy atom. The van der Waals surface area contributed by atoms with Crippen molar-refractivity contribution < 1.29 is 18.0 Å². The van der Waals surface area contributed by atoms with Gasteiger partial charge in [0.15, 0.2) is 5.69 Å². The Hall–Kier alpha value is -1.83. The second-order valence-electron chi connectivity index (χ2n) is 4.32. The summed E-state index contributed by atoms with van der Waals surface area (Å²) in [7, 11) is 0. The van der Waals surface area contributed by atoms with E-state index in [9.17, 15) is 18.0 Å². The molecule has 0 saturated carbocycles. The van der Waals surface area contributed by atoms with Crippen LogP contribution in [0.4, 0.5) is 18.9 Å². The first-order valence-electron chi connectivity index (χ1n) is 5.94. The highest BCUT2D eigenvalue weighted by atomic mass is 79.9. The number of benzene rings is 1. The summed E-state index contributed by atoms with van der Waals surface area (Å²) in [6, 6.07) is 8.65. The van der Waals surface area contributed by atoms with Crippen molar-refractivity contribution in [2.45, 2.75) is 19.6 Å². The molecule has 0 aliphatic heterocycles. The number of carbonyl (C=O) groups excluding carboxylic acids is 1. The van der Waals surface area contributed by atoms with Crippen molar-refractivity contribution in [3.63, 3.8) is 0 Å². The molecular formula is C13H11BrF3N3O. The first-order chi connectivity index (χ1) is 9.79. The molecule has 0 atom stereocenters. The molecule has 4 nitrogen and oxygen atoms in total. The van der Waals surface area contributed by atoms with Crippen LogP contribution in [0.3, 0.4) is 0 Å². The molecule has 0 aliphatic rings. The van der Waals surface area contributed by atoms with Crippen LogP contribution in [0.1, 0.15) is 11.4 Å². The Bertz CT molecular complexity index is 653. The summed E-state index contributed by atoms with van der Waals surface area (Å²) in [6.07, 6.45) is -4.56. The molecule has 112 valence electrons. The Labute approximate surface area is 127 Å². The molecule has 8 heteroatoms. The quantitative estimate of drug-likeness (QED) is 0.907. The molecule has 0 bridgehead atoms. The minimum Gasteiger partial charge on any atom is -0.324 e. The maximum absolute atomic E-state index is 12.7. The topological polar surface area (TPSA) is 46.9 Å². The molecule has 0 fully saturated rings. The van der Waals surface area contributed by atoms with Crippen molar-refractivity contribution in [3.05, 3.63) is 46.2 Å². The molecule has 0 spiro atoms. The van der Waals surface area contributed by atoms with Crippen molar-refractivity contribution in [2.75, 3.05) is 5.32 Å². The molecule has 0 aliphatic carbocycles. The lowest BCUT2D eigenvalue weighted by Crippen LogP contribution is -2.20. The van der Waals surface area contributed by atoms with E-state index in [2.05, 4.69) is 26.3 Å². The number of carbonyl (C=O) groups is 1. The van der Waals surface area contributed by atoms with Crippen molar-refractivity contribution >= 4 is 27.5 Å². The Morgan fingerprint density at radius 3 is 2.48 bits per heavy atom. The third-order valence-corrected chi connectivity index (χ3v) is 3.70. The Kier molecular flexibility index (Phi) is 4.36. The van der Waals surface area contributed by atoms with Crippen molar-refractivity contribution in [1.82, 2.24) is 9.78 Å². The van der Waals surface area contributed by atoms with Gasteiger partial charge in [0.1, 0.15) is 6.54 Å². The Balaban J connectivity index is 2.15. The first kappa shape index (κ1) is 15.6. The van der Waals surface area contributed by atoms with Gasteiger partial charge in [0.05, 0.1) is 10.2 Å². The number of halogens is 4. The lowest BCUT2D eigenvalue weighted by Gasteiger charge is -2.06. The summed E-state index contributed by atoms with van der Waals surface area (Å²) in [4.78, 5) is 11.8. The lowest BCUT2D eigenvalue weighted by molar-refractivity contribution is -0.142. The predicted molar refractivity (Wildman–Crippen MR) is 74.7 cm³/mol. The monoisotopic (exact) mass is 361 g/mol. The van der Waals surface area contributed by atoms with E-state index < -0.39 is 17.8 Å². The van der Waals surface area contributed by atoms with Crippen LogP contribution in [0.25, 0.3) is 0 Å². The SMILES string of the molecule is Cc1c(Br)c(C(F)(F)F)nn1CC(=O)Nc1ccccc1. The average molecular weight is 362 g/mol. The van der Waals surface area contributed by atoms with Crippen LogP contribution in [-0.2, 0) is 17.5 Å². The van der Waals surface area contributed by atoms with Crippen molar-refractivity contribution in [1.29, 1.82) is 0 Å². The lowest BCUT2D eigenvalue weighted by atomic mass is 10.3. The summed E-state index contributed by atoms with van der Waals surface area (Å²) >= 11 is 2.86. The second kappa shape index (κ2) is 5.88. The number of anilines is 1. The normalized spacial score (nSPS) is 11.5. The second-order valence-corrected chi connectivity index (χ2v) is 5.11. The molecule has 21 heavy (non-hydrogen) atoms. The van der Waals surface area contributed by atoms with Gasteiger partial charge in [-0.2, -0.15) is 18.3 Å². The van der Waals surface area contributed by atoms with Gasteiger partial charge in [-0.25, -0.2) is 0 Å². The van der Waals surface area contributed by atoms with Gasteiger partial charge in [-0.05, 0) is 35.0 Å². The first-order valence-corrected chi connectivity index (χ1v) is 6.73. The predicted octanol–water partition coefficient (Wildman–Crippen LogP) is 3.61. The zero-order chi connectivity index (χ0) is 15.6. The zero-order valence-corrected chi connectivity index (χ0v) is 12.5. The van der Waals surface area contributed by atoms with Crippen LogP contribution in [0.15, 0.2) is 34.8 Å². The van der Waals surface area contributed by atoms with Gasteiger partial charge in [-0.3, -0.25) is 9.48 Å². The summed E-state index contributed by atoms with van der Waals surface area (Å²) in [5, 5.41) is 6.03. The average Bonchev–Trinajstić information content (AvgIpc) is 2.68. The number of nitrogens with one attached hydrogen (secondary N) is 1. The van der Waals surface area contributed by atoms with E-state index in [-0.39, 0.29) is 16.7 Å². The van der Waals surface area contributed by atoms with Gasteiger partial charge in [0.2, 0.25) is 5.91 Å². The molecule has 2 aromatic rings.